The first-order chi connectivity index (χ1) is 14.0. The van der Waals surface area contributed by atoms with Crippen LogP contribution in [0, 0.1) is 5.82 Å². The number of halogens is 1. The Labute approximate surface area is 172 Å². The van der Waals surface area contributed by atoms with Crippen molar-refractivity contribution in [2.24, 2.45) is 0 Å². The normalized spacial score (nSPS) is 16.2. The summed E-state index contributed by atoms with van der Waals surface area (Å²) in [6.07, 6.45) is 1.02. The van der Waals surface area contributed by atoms with Gasteiger partial charge in [-0.15, -0.1) is 0 Å². The van der Waals surface area contributed by atoms with Crippen LogP contribution in [0.3, 0.4) is 0 Å². The first-order valence-electron chi connectivity index (χ1n) is 9.41. The molecule has 1 saturated heterocycles. The van der Waals surface area contributed by atoms with Gasteiger partial charge in [-0.2, -0.15) is 4.31 Å². The predicted molar refractivity (Wildman–Crippen MR) is 110 cm³/mol. The van der Waals surface area contributed by atoms with Gasteiger partial charge >= 0.3 is 0 Å². The van der Waals surface area contributed by atoms with Crippen molar-refractivity contribution in [3.8, 4) is 10.9 Å². The largest absolute Gasteiger partial charge is 0.494 e. The highest BCUT2D eigenvalue weighted by molar-refractivity contribution is 7.89. The lowest BCUT2D eigenvalue weighted by atomic mass is 10.1. The molecule has 4 rings (SSSR count). The number of aromatic nitrogens is 1. The molecule has 1 fully saturated rings. The zero-order valence-corrected chi connectivity index (χ0v) is 17.5. The van der Waals surface area contributed by atoms with Gasteiger partial charge in [-0.1, -0.05) is 11.3 Å². The molecule has 2 heterocycles. The molecule has 154 valence electrons. The van der Waals surface area contributed by atoms with Crippen molar-refractivity contribution in [3.05, 3.63) is 48.3 Å². The van der Waals surface area contributed by atoms with Gasteiger partial charge < -0.3 is 9.47 Å². The van der Waals surface area contributed by atoms with E-state index in [0.29, 0.717) is 49.0 Å². The zero-order valence-electron chi connectivity index (χ0n) is 15.9. The van der Waals surface area contributed by atoms with Crippen LogP contribution in [0.25, 0.3) is 10.2 Å². The Morgan fingerprint density at radius 2 is 1.90 bits per heavy atom. The highest BCUT2D eigenvalue weighted by atomic mass is 32.2. The summed E-state index contributed by atoms with van der Waals surface area (Å²) in [4.78, 5) is 4.63. The number of nitrogens with zero attached hydrogens (tertiary/aromatic N) is 2. The SMILES string of the molecule is CCOc1ccc(S(=O)(=O)N2CCC(Oc3nc4ccc(F)cc4s3)CC2)cc1. The lowest BCUT2D eigenvalue weighted by Crippen LogP contribution is -2.41. The highest BCUT2D eigenvalue weighted by Gasteiger charge is 2.30. The summed E-state index contributed by atoms with van der Waals surface area (Å²) in [6, 6.07) is 10.9. The number of hydrogen-bond donors (Lipinski definition) is 0. The van der Waals surface area contributed by atoms with Gasteiger partial charge in [0, 0.05) is 13.1 Å². The number of piperidine rings is 1. The molecule has 0 spiro atoms. The predicted octanol–water partition coefficient (Wildman–Crippen LogP) is 4.07. The second-order valence-corrected chi connectivity index (χ2v) is 9.65. The van der Waals surface area contributed by atoms with E-state index in [1.165, 1.54) is 27.8 Å². The fraction of sp³-hybridized carbons (Fsp3) is 0.350. The van der Waals surface area contributed by atoms with Crippen molar-refractivity contribution in [2.75, 3.05) is 19.7 Å². The summed E-state index contributed by atoms with van der Waals surface area (Å²) in [5, 5.41) is 0.485. The lowest BCUT2D eigenvalue weighted by Gasteiger charge is -2.30. The van der Waals surface area contributed by atoms with E-state index in [-0.39, 0.29) is 16.8 Å². The summed E-state index contributed by atoms with van der Waals surface area (Å²) < 4.78 is 52.6. The van der Waals surface area contributed by atoms with Gasteiger partial charge in [-0.05, 0) is 62.2 Å². The quantitative estimate of drug-likeness (QED) is 0.583. The lowest BCUT2D eigenvalue weighted by molar-refractivity contribution is 0.135. The molecule has 1 aliphatic heterocycles. The standard InChI is InChI=1S/C20H21FN2O4S2/c1-2-26-15-4-6-17(7-5-15)29(24,25)23-11-9-16(10-12-23)27-20-22-18-8-3-14(21)13-19(18)28-20/h3-8,13,16H,2,9-12H2,1H3. The van der Waals surface area contributed by atoms with E-state index in [0.717, 1.165) is 4.70 Å². The van der Waals surface area contributed by atoms with Crippen LogP contribution in [-0.2, 0) is 10.0 Å². The summed E-state index contributed by atoms with van der Waals surface area (Å²) in [6.45, 7) is 3.16. The van der Waals surface area contributed by atoms with Gasteiger partial charge in [0.15, 0.2) is 0 Å². The van der Waals surface area contributed by atoms with Crippen LogP contribution in [0.2, 0.25) is 0 Å². The van der Waals surface area contributed by atoms with Crippen molar-refractivity contribution in [3.63, 3.8) is 0 Å². The van der Waals surface area contributed by atoms with Crippen molar-refractivity contribution >= 4 is 31.6 Å². The number of thiazole rings is 1. The van der Waals surface area contributed by atoms with Crippen molar-refractivity contribution in [1.82, 2.24) is 9.29 Å². The third-order valence-corrected chi connectivity index (χ3v) is 7.59. The molecule has 1 aliphatic rings. The van der Waals surface area contributed by atoms with Crippen LogP contribution >= 0.6 is 11.3 Å². The fourth-order valence-corrected chi connectivity index (χ4v) is 5.66. The van der Waals surface area contributed by atoms with Gasteiger partial charge in [0.05, 0.1) is 21.7 Å². The molecule has 2 aromatic carbocycles. The topological polar surface area (TPSA) is 68.7 Å². The van der Waals surface area contributed by atoms with E-state index in [9.17, 15) is 12.8 Å². The summed E-state index contributed by atoms with van der Waals surface area (Å²) in [5.41, 5.74) is 0.696. The molecule has 29 heavy (non-hydrogen) atoms. The van der Waals surface area contributed by atoms with Crippen molar-refractivity contribution in [1.29, 1.82) is 0 Å². The van der Waals surface area contributed by atoms with Crippen LogP contribution in [0.4, 0.5) is 4.39 Å². The molecule has 0 N–H and O–H groups in total. The Balaban J connectivity index is 1.39. The van der Waals surface area contributed by atoms with Gasteiger partial charge in [-0.25, -0.2) is 17.8 Å². The molecule has 1 aromatic heterocycles. The molecule has 3 aromatic rings. The number of benzene rings is 2. The van der Waals surface area contributed by atoms with Gasteiger partial charge in [-0.3, -0.25) is 0 Å². The molecule has 0 bridgehead atoms. The molecule has 0 unspecified atom stereocenters. The summed E-state index contributed by atoms with van der Waals surface area (Å²) >= 11 is 1.30. The number of fused-ring (bicyclic) bond motifs is 1. The zero-order chi connectivity index (χ0) is 20.4. The van der Waals surface area contributed by atoms with E-state index in [4.69, 9.17) is 9.47 Å². The number of rotatable bonds is 6. The first-order valence-corrected chi connectivity index (χ1v) is 11.7. The molecular formula is C20H21FN2O4S2. The maximum Gasteiger partial charge on any atom is 0.274 e. The minimum absolute atomic E-state index is 0.118. The van der Waals surface area contributed by atoms with Crippen LogP contribution in [0.1, 0.15) is 19.8 Å². The molecule has 0 radical (unpaired) electrons. The van der Waals surface area contributed by atoms with Crippen LogP contribution < -0.4 is 9.47 Å². The van der Waals surface area contributed by atoms with Crippen LogP contribution in [-0.4, -0.2) is 43.5 Å². The Morgan fingerprint density at radius 1 is 1.17 bits per heavy atom. The molecule has 6 nitrogen and oxygen atoms in total. The maximum atomic E-state index is 13.3. The third kappa shape index (κ3) is 4.36. The van der Waals surface area contributed by atoms with Crippen LogP contribution in [0.15, 0.2) is 47.4 Å². The average molecular weight is 437 g/mol. The van der Waals surface area contributed by atoms with Gasteiger partial charge in [0.2, 0.25) is 10.0 Å². The first kappa shape index (κ1) is 20.1. The maximum absolute atomic E-state index is 13.3. The van der Waals surface area contributed by atoms with E-state index >= 15 is 0 Å². The highest BCUT2D eigenvalue weighted by Crippen LogP contribution is 2.31. The smallest absolute Gasteiger partial charge is 0.274 e. The van der Waals surface area contributed by atoms with E-state index in [1.807, 2.05) is 6.92 Å². The van der Waals surface area contributed by atoms with Crippen LogP contribution in [0.5, 0.6) is 10.9 Å². The molecule has 0 atom stereocenters. The minimum Gasteiger partial charge on any atom is -0.494 e. The van der Waals surface area contributed by atoms with E-state index in [2.05, 4.69) is 4.98 Å². The molecule has 0 aliphatic carbocycles. The van der Waals surface area contributed by atoms with Gasteiger partial charge in [0.25, 0.3) is 5.19 Å². The summed E-state index contributed by atoms with van der Waals surface area (Å²) in [5.74, 6) is 0.342. The second kappa shape index (κ2) is 8.25. The molecule has 9 heteroatoms. The number of sulfonamides is 1. The fourth-order valence-electron chi connectivity index (χ4n) is 3.28. The van der Waals surface area contributed by atoms with Crippen molar-refractivity contribution < 1.29 is 22.3 Å². The van der Waals surface area contributed by atoms with E-state index in [1.54, 1.807) is 30.3 Å². The van der Waals surface area contributed by atoms with Crippen molar-refractivity contribution in [2.45, 2.75) is 30.8 Å². The average Bonchev–Trinajstić information content (AvgIpc) is 3.10. The Morgan fingerprint density at radius 3 is 2.59 bits per heavy atom. The Bertz CT molecular complexity index is 1090. The third-order valence-electron chi connectivity index (χ3n) is 4.77. The second-order valence-electron chi connectivity index (χ2n) is 6.72. The molecular weight excluding hydrogens is 415 g/mol. The number of ether oxygens (including phenoxy) is 2. The van der Waals surface area contributed by atoms with E-state index < -0.39 is 10.0 Å². The Hall–Kier alpha value is -2.23. The molecule has 0 amide bonds. The van der Waals surface area contributed by atoms with Gasteiger partial charge in [0.1, 0.15) is 17.7 Å². The number of hydrogen-bond acceptors (Lipinski definition) is 6. The Kier molecular flexibility index (Phi) is 5.71. The molecule has 0 saturated carbocycles. The minimum atomic E-state index is -3.55. The summed E-state index contributed by atoms with van der Waals surface area (Å²) in [7, 11) is -3.55. The monoisotopic (exact) mass is 436 g/mol.